The van der Waals surface area contributed by atoms with Gasteiger partial charge in [-0.3, -0.25) is 0 Å². The molecule has 2 fully saturated rings. The van der Waals surface area contributed by atoms with Crippen molar-refractivity contribution in [3.63, 3.8) is 0 Å². The molecule has 0 aromatic heterocycles. The van der Waals surface area contributed by atoms with E-state index in [1.807, 2.05) is 0 Å². The highest BCUT2D eigenvalue weighted by molar-refractivity contribution is 6.69. The van der Waals surface area contributed by atoms with Crippen LogP contribution in [0.5, 0.6) is 0 Å². The molecule has 1 saturated carbocycles. The molecule has 221 valence electrons. The van der Waals surface area contributed by atoms with Crippen LogP contribution in [0.4, 0.5) is 5.69 Å². The summed E-state index contributed by atoms with van der Waals surface area (Å²) in [6, 6.07) is 30.7. The minimum Gasteiger partial charge on any atom is -0.382 e. The standard InChI is InChI=1S/C39H52BN2/c1-2-4-7-19-33(41-32-20-8-6-9-21-32)22-11-12-24-34(23-10-5-3-1)42-29-17-18-31(30-42)39-35-25-13-15-27-37(35)40-38-28-16-14-26-36(38)39/h6,8-9,13-16,20-21,25-28,31,33-34,39,41H,1-5,7,10-12,17-19,22-24,29-30H2. The van der Waals surface area contributed by atoms with Gasteiger partial charge in [0, 0.05) is 30.2 Å². The Labute approximate surface area is 256 Å². The molecule has 0 amide bonds. The van der Waals surface area contributed by atoms with Crippen LogP contribution >= 0.6 is 0 Å². The molecule has 2 heterocycles. The fourth-order valence-corrected chi connectivity index (χ4v) is 8.33. The van der Waals surface area contributed by atoms with E-state index in [-0.39, 0.29) is 0 Å². The maximum absolute atomic E-state index is 3.89. The summed E-state index contributed by atoms with van der Waals surface area (Å²) in [5, 5.41) is 3.89. The SMILES string of the molecule is [B]1c2ccccc2C(C2CCCN(C3CCCCCCCCCC(Nc4ccccc4)CCCC3)C2)c2ccccc21. The van der Waals surface area contributed by atoms with Gasteiger partial charge >= 0.3 is 0 Å². The van der Waals surface area contributed by atoms with Gasteiger partial charge in [-0.25, -0.2) is 0 Å². The van der Waals surface area contributed by atoms with Crippen molar-refractivity contribution in [1.29, 1.82) is 0 Å². The van der Waals surface area contributed by atoms with Crippen molar-refractivity contribution in [1.82, 2.24) is 4.90 Å². The monoisotopic (exact) mass is 559 g/mol. The van der Waals surface area contributed by atoms with E-state index in [0.29, 0.717) is 17.9 Å². The Morgan fingerprint density at radius 2 is 1.10 bits per heavy atom. The molecule has 0 spiro atoms. The molecule has 2 nitrogen and oxygen atoms in total. The average molecular weight is 560 g/mol. The summed E-state index contributed by atoms with van der Waals surface area (Å²) in [5.41, 5.74) is 7.28. The number of nitrogens with one attached hydrogen (secondary N) is 1. The highest BCUT2D eigenvalue weighted by Crippen LogP contribution is 2.38. The number of anilines is 1. The third-order valence-electron chi connectivity index (χ3n) is 10.5. The lowest BCUT2D eigenvalue weighted by Gasteiger charge is -2.43. The van der Waals surface area contributed by atoms with Gasteiger partial charge in [0.1, 0.15) is 0 Å². The summed E-state index contributed by atoms with van der Waals surface area (Å²) >= 11 is 0. The van der Waals surface area contributed by atoms with Gasteiger partial charge in [-0.05, 0) is 74.2 Å². The number of para-hydroxylation sites is 1. The van der Waals surface area contributed by atoms with E-state index in [0.717, 1.165) is 6.04 Å². The highest BCUT2D eigenvalue weighted by atomic mass is 15.2. The molecule has 3 atom stereocenters. The molecule has 3 heteroatoms. The zero-order valence-electron chi connectivity index (χ0n) is 25.9. The molecule has 3 unspecified atom stereocenters. The Bertz CT molecular complexity index is 1180. The fourth-order valence-electron chi connectivity index (χ4n) is 8.33. The van der Waals surface area contributed by atoms with Crippen LogP contribution in [0.1, 0.15) is 113 Å². The van der Waals surface area contributed by atoms with Crippen LogP contribution in [-0.2, 0) is 0 Å². The van der Waals surface area contributed by atoms with Crippen LogP contribution in [0, 0.1) is 5.92 Å². The second-order valence-corrected chi connectivity index (χ2v) is 13.5. The quantitative estimate of drug-likeness (QED) is 0.323. The van der Waals surface area contributed by atoms with Crippen LogP contribution in [0.3, 0.4) is 0 Å². The summed E-state index contributed by atoms with van der Waals surface area (Å²) in [4.78, 5) is 2.95. The van der Waals surface area contributed by atoms with Crippen molar-refractivity contribution in [3.8, 4) is 0 Å². The predicted molar refractivity (Wildman–Crippen MR) is 182 cm³/mol. The van der Waals surface area contributed by atoms with E-state index in [2.05, 4.69) is 96.4 Å². The van der Waals surface area contributed by atoms with Gasteiger partial charge in [0.05, 0.1) is 0 Å². The molecule has 2 aliphatic heterocycles. The van der Waals surface area contributed by atoms with Gasteiger partial charge in [0.15, 0.2) is 7.28 Å². The summed E-state index contributed by atoms with van der Waals surface area (Å²) in [6.07, 6.45) is 20.6. The van der Waals surface area contributed by atoms with Crippen LogP contribution < -0.4 is 16.2 Å². The number of fused-ring (bicyclic) bond motifs is 2. The first-order valence-electron chi connectivity index (χ1n) is 17.4. The van der Waals surface area contributed by atoms with Gasteiger partial charge < -0.3 is 10.2 Å². The van der Waals surface area contributed by atoms with Gasteiger partial charge in [-0.15, -0.1) is 0 Å². The summed E-state index contributed by atoms with van der Waals surface area (Å²) in [5.74, 6) is 1.23. The van der Waals surface area contributed by atoms with Gasteiger partial charge in [0.25, 0.3) is 0 Å². The molecule has 6 rings (SSSR count). The molecule has 3 aliphatic rings. The van der Waals surface area contributed by atoms with E-state index in [4.69, 9.17) is 0 Å². The third kappa shape index (κ3) is 7.70. The lowest BCUT2D eigenvalue weighted by atomic mass is 9.52. The normalized spacial score (nSPS) is 25.2. The number of hydrogen-bond acceptors (Lipinski definition) is 2. The first kappa shape index (κ1) is 29.6. The number of rotatable bonds is 4. The number of likely N-dealkylation sites (tertiary alicyclic amines) is 1. The molecule has 1 radical (unpaired) electrons. The van der Waals surface area contributed by atoms with Crippen molar-refractivity contribution in [2.24, 2.45) is 5.92 Å². The third-order valence-corrected chi connectivity index (χ3v) is 10.5. The molecule has 3 aromatic carbocycles. The molecule has 1 saturated heterocycles. The lowest BCUT2D eigenvalue weighted by Crippen LogP contribution is -2.47. The Morgan fingerprint density at radius 3 is 1.79 bits per heavy atom. The largest absolute Gasteiger partial charge is 0.382 e. The second kappa shape index (κ2) is 15.3. The van der Waals surface area contributed by atoms with Crippen LogP contribution in [0.15, 0.2) is 78.9 Å². The fraction of sp³-hybridized carbons (Fsp3) is 0.538. The van der Waals surface area contributed by atoms with Crippen molar-refractivity contribution in [3.05, 3.63) is 90.0 Å². The molecule has 42 heavy (non-hydrogen) atoms. The Balaban J connectivity index is 1.13. The van der Waals surface area contributed by atoms with Gasteiger partial charge in [-0.2, -0.15) is 0 Å². The molecule has 1 aliphatic carbocycles. The lowest BCUT2D eigenvalue weighted by molar-refractivity contribution is 0.101. The minimum atomic E-state index is 0.525. The number of piperidine rings is 1. The molecule has 3 aromatic rings. The maximum Gasteiger partial charge on any atom is 0.192 e. The molecule has 1 N–H and O–H groups in total. The van der Waals surface area contributed by atoms with E-state index in [1.165, 1.54) is 126 Å². The maximum atomic E-state index is 3.89. The van der Waals surface area contributed by atoms with E-state index >= 15 is 0 Å². The number of hydrogen-bond donors (Lipinski definition) is 1. The van der Waals surface area contributed by atoms with Gasteiger partial charge in [0.2, 0.25) is 0 Å². The molecular formula is C39H52BN2. The van der Waals surface area contributed by atoms with Crippen molar-refractivity contribution >= 4 is 23.9 Å². The van der Waals surface area contributed by atoms with Crippen molar-refractivity contribution < 1.29 is 0 Å². The highest BCUT2D eigenvalue weighted by Gasteiger charge is 2.35. The number of nitrogens with zero attached hydrogens (tertiary/aromatic N) is 1. The van der Waals surface area contributed by atoms with Gasteiger partial charge in [-0.1, -0.05) is 135 Å². The van der Waals surface area contributed by atoms with Crippen LogP contribution in [0.25, 0.3) is 0 Å². The Hall–Kier alpha value is -2.52. The summed E-state index contributed by atoms with van der Waals surface area (Å²) < 4.78 is 0. The number of benzene rings is 3. The topological polar surface area (TPSA) is 15.3 Å². The Morgan fingerprint density at radius 1 is 0.548 bits per heavy atom. The predicted octanol–water partition coefficient (Wildman–Crippen LogP) is 8.43. The zero-order chi connectivity index (χ0) is 28.4. The zero-order valence-corrected chi connectivity index (χ0v) is 25.9. The van der Waals surface area contributed by atoms with E-state index < -0.39 is 0 Å². The minimum absolute atomic E-state index is 0.525. The van der Waals surface area contributed by atoms with Crippen LogP contribution in [-0.4, -0.2) is 37.4 Å². The second-order valence-electron chi connectivity index (χ2n) is 13.5. The van der Waals surface area contributed by atoms with Crippen LogP contribution in [0.2, 0.25) is 0 Å². The molecule has 0 bridgehead atoms. The van der Waals surface area contributed by atoms with Crippen molar-refractivity contribution in [2.45, 2.75) is 114 Å². The first-order valence-corrected chi connectivity index (χ1v) is 17.4. The van der Waals surface area contributed by atoms with Crippen molar-refractivity contribution in [2.75, 3.05) is 18.4 Å². The summed E-state index contributed by atoms with van der Waals surface area (Å²) in [7, 11) is 2.42. The summed E-state index contributed by atoms with van der Waals surface area (Å²) in [6.45, 7) is 2.55. The smallest absolute Gasteiger partial charge is 0.192 e. The van der Waals surface area contributed by atoms with E-state index in [1.54, 1.807) is 11.1 Å². The first-order chi connectivity index (χ1) is 20.8. The Kier molecular flexibility index (Phi) is 10.8. The average Bonchev–Trinajstić information content (AvgIpc) is 3.04. The molecular weight excluding hydrogens is 507 g/mol. The van der Waals surface area contributed by atoms with E-state index in [9.17, 15) is 0 Å².